The van der Waals surface area contributed by atoms with Crippen LogP contribution in [-0.4, -0.2) is 55.1 Å². The highest BCUT2D eigenvalue weighted by Gasteiger charge is 2.30. The van der Waals surface area contributed by atoms with E-state index in [1.54, 1.807) is 6.08 Å². The number of quaternary nitrogens is 1. The predicted octanol–water partition coefficient (Wildman–Crippen LogP) is 1.69. The van der Waals surface area contributed by atoms with Gasteiger partial charge in [-0.15, -0.1) is 0 Å². The van der Waals surface area contributed by atoms with E-state index in [4.69, 9.17) is 0 Å². The topological polar surface area (TPSA) is 77.4 Å². The number of carboxylic acids is 1. The number of ketones is 1. The van der Waals surface area contributed by atoms with Gasteiger partial charge < -0.3 is 19.5 Å². The van der Waals surface area contributed by atoms with E-state index in [9.17, 15) is 19.8 Å². The van der Waals surface area contributed by atoms with Crippen molar-refractivity contribution >= 4 is 11.8 Å². The highest BCUT2D eigenvalue weighted by molar-refractivity contribution is 6.04. The Morgan fingerprint density at radius 1 is 1.04 bits per heavy atom. The molecule has 0 aliphatic rings. The molecule has 5 nitrogen and oxygen atoms in total. The van der Waals surface area contributed by atoms with Crippen LogP contribution in [-0.2, 0) is 9.59 Å². The van der Waals surface area contributed by atoms with E-state index in [2.05, 4.69) is 6.92 Å². The second-order valence-electron chi connectivity index (χ2n) is 7.55. The summed E-state index contributed by atoms with van der Waals surface area (Å²) in [6, 6.07) is 0. The van der Waals surface area contributed by atoms with Gasteiger partial charge in [0, 0.05) is 0 Å². The number of carbonyl (C=O) groups excluding carboxylic acids is 2. The number of aliphatic carboxylic acids is 1. The molecule has 5 heteroatoms. The largest absolute Gasteiger partial charge is 0.549 e. The Hall–Kier alpha value is -1.20. The van der Waals surface area contributed by atoms with Crippen molar-refractivity contribution in [2.24, 2.45) is 5.92 Å². The zero-order chi connectivity index (χ0) is 18.6. The number of aliphatic hydroxyl groups is 1. The molecular formula is C19H35NO4. The fourth-order valence-electron chi connectivity index (χ4n) is 2.65. The van der Waals surface area contributed by atoms with E-state index in [-0.39, 0.29) is 6.54 Å². The second kappa shape index (κ2) is 12.2. The molecule has 0 aliphatic heterocycles. The van der Waals surface area contributed by atoms with Crippen molar-refractivity contribution in [1.82, 2.24) is 0 Å². The zero-order valence-electron chi connectivity index (χ0n) is 15.8. The first kappa shape index (κ1) is 22.8. The summed E-state index contributed by atoms with van der Waals surface area (Å²) >= 11 is 0. The summed E-state index contributed by atoms with van der Waals surface area (Å²) in [6.07, 6.45) is 10.9. The van der Waals surface area contributed by atoms with E-state index in [0.29, 0.717) is 4.48 Å². The maximum atomic E-state index is 12.0. The molecule has 1 N–H and O–H groups in total. The molecule has 0 saturated heterocycles. The Bertz CT molecular complexity index is 399. The number of hydrogen-bond donors (Lipinski definition) is 1. The minimum absolute atomic E-state index is 0.177. The third kappa shape index (κ3) is 11.4. The minimum Gasteiger partial charge on any atom is -0.549 e. The van der Waals surface area contributed by atoms with Crippen LogP contribution < -0.4 is 5.11 Å². The van der Waals surface area contributed by atoms with Crippen LogP contribution in [0.5, 0.6) is 0 Å². The van der Waals surface area contributed by atoms with Crippen molar-refractivity contribution < 1.29 is 24.3 Å². The minimum atomic E-state index is -1.51. The van der Waals surface area contributed by atoms with E-state index >= 15 is 0 Å². The van der Waals surface area contributed by atoms with E-state index in [0.717, 1.165) is 19.3 Å². The zero-order valence-corrected chi connectivity index (χ0v) is 15.8. The molecule has 0 rings (SSSR count). The van der Waals surface area contributed by atoms with Crippen LogP contribution in [0.1, 0.15) is 58.3 Å². The van der Waals surface area contributed by atoms with Gasteiger partial charge >= 0.3 is 0 Å². The number of carbonyl (C=O) groups is 2. The molecule has 0 heterocycles. The molecular weight excluding hydrogens is 306 g/mol. The maximum absolute atomic E-state index is 12.0. The number of likely N-dealkylation sites (N-methyl/N-ethyl adjacent to an activating group) is 1. The fraction of sp³-hybridized carbons (Fsp3) is 0.789. The molecule has 2 unspecified atom stereocenters. The van der Waals surface area contributed by atoms with Crippen LogP contribution in [0.3, 0.4) is 0 Å². The van der Waals surface area contributed by atoms with Crippen LogP contribution in [0.15, 0.2) is 12.2 Å². The lowest BCUT2D eigenvalue weighted by Gasteiger charge is -2.30. The van der Waals surface area contributed by atoms with Crippen molar-refractivity contribution in [3.05, 3.63) is 12.2 Å². The quantitative estimate of drug-likeness (QED) is 0.226. The number of hydrogen-bond acceptors (Lipinski definition) is 4. The first-order valence-corrected chi connectivity index (χ1v) is 9.08. The van der Waals surface area contributed by atoms with E-state index < -0.39 is 23.8 Å². The number of allylic oxidation sites excluding steroid dienone is 2. The highest BCUT2D eigenvalue weighted by atomic mass is 16.4. The van der Waals surface area contributed by atoms with Crippen molar-refractivity contribution in [2.75, 3.05) is 27.7 Å². The third-order valence-corrected chi connectivity index (χ3v) is 3.94. The third-order valence-electron chi connectivity index (χ3n) is 3.94. The number of unbranched alkanes of at least 4 members (excludes halogenated alkanes) is 7. The summed E-state index contributed by atoms with van der Waals surface area (Å²) < 4.78 is 0.375. The van der Waals surface area contributed by atoms with Crippen LogP contribution in [0.4, 0.5) is 0 Å². The van der Waals surface area contributed by atoms with Crippen molar-refractivity contribution in [2.45, 2.75) is 64.4 Å². The van der Waals surface area contributed by atoms with Gasteiger partial charge in [0.2, 0.25) is 0 Å². The van der Waals surface area contributed by atoms with Crippen molar-refractivity contribution in [3.8, 4) is 0 Å². The Kier molecular flexibility index (Phi) is 11.6. The summed E-state index contributed by atoms with van der Waals surface area (Å²) in [6.45, 7) is 2.37. The second-order valence-corrected chi connectivity index (χ2v) is 7.55. The molecule has 24 heavy (non-hydrogen) atoms. The monoisotopic (exact) mass is 341 g/mol. The van der Waals surface area contributed by atoms with Crippen LogP contribution >= 0.6 is 0 Å². The fourth-order valence-corrected chi connectivity index (χ4v) is 2.65. The summed E-state index contributed by atoms with van der Waals surface area (Å²) in [5.74, 6) is -3.59. The molecule has 0 amide bonds. The maximum Gasteiger partial charge on any atom is 0.166 e. The summed E-state index contributed by atoms with van der Waals surface area (Å²) in [5.41, 5.74) is 0. The molecule has 0 saturated carbocycles. The van der Waals surface area contributed by atoms with E-state index in [1.807, 2.05) is 21.1 Å². The van der Waals surface area contributed by atoms with Gasteiger partial charge in [-0.3, -0.25) is 4.79 Å². The van der Waals surface area contributed by atoms with Gasteiger partial charge in [-0.1, -0.05) is 51.5 Å². The average molecular weight is 341 g/mol. The molecule has 0 radical (unpaired) electrons. The van der Waals surface area contributed by atoms with Gasteiger partial charge in [-0.2, -0.15) is 0 Å². The lowest BCUT2D eigenvalue weighted by atomic mass is 9.96. The summed E-state index contributed by atoms with van der Waals surface area (Å²) in [4.78, 5) is 23.2. The number of rotatable bonds is 14. The van der Waals surface area contributed by atoms with E-state index in [1.165, 1.54) is 38.2 Å². The Morgan fingerprint density at radius 3 is 2.08 bits per heavy atom. The summed E-state index contributed by atoms with van der Waals surface area (Å²) in [5, 5.41) is 21.2. The van der Waals surface area contributed by atoms with Gasteiger partial charge in [0.05, 0.1) is 33.0 Å². The van der Waals surface area contributed by atoms with Crippen LogP contribution in [0, 0.1) is 5.92 Å². The molecule has 0 aromatic heterocycles. The SMILES string of the molecule is CCCCCCCCC/C=C/C(=O)C(C(=O)[O-])C(O)C[N+](C)(C)C. The smallest absolute Gasteiger partial charge is 0.166 e. The Labute approximate surface area is 146 Å². The molecule has 0 aromatic carbocycles. The summed E-state index contributed by atoms with van der Waals surface area (Å²) in [7, 11) is 5.49. The molecule has 140 valence electrons. The molecule has 0 aromatic rings. The van der Waals surface area contributed by atoms with Gasteiger partial charge in [-0.05, 0) is 18.9 Å². The predicted molar refractivity (Wildman–Crippen MR) is 94.2 cm³/mol. The molecule has 2 atom stereocenters. The van der Waals surface area contributed by atoms with Crippen LogP contribution in [0.25, 0.3) is 0 Å². The average Bonchev–Trinajstić information content (AvgIpc) is 2.43. The van der Waals surface area contributed by atoms with Crippen molar-refractivity contribution in [1.29, 1.82) is 0 Å². The van der Waals surface area contributed by atoms with Gasteiger partial charge in [0.1, 0.15) is 12.6 Å². The van der Waals surface area contributed by atoms with Gasteiger partial charge in [0.15, 0.2) is 5.78 Å². The standard InChI is InChI=1S/C19H35NO4/c1-5-6-7-8-9-10-11-12-13-14-16(21)18(19(23)24)17(22)15-20(2,3)4/h13-14,17-18,22H,5-12,15H2,1-4H3/b14-13+. The molecule has 0 aliphatic carbocycles. The van der Waals surface area contributed by atoms with Crippen LogP contribution in [0.2, 0.25) is 0 Å². The Morgan fingerprint density at radius 2 is 1.58 bits per heavy atom. The number of nitrogens with zero attached hydrogens (tertiary/aromatic N) is 1. The normalized spacial score (nSPS) is 14.7. The number of carboxylic acid groups (broad SMARTS) is 1. The van der Waals surface area contributed by atoms with Gasteiger partial charge in [-0.25, -0.2) is 0 Å². The highest BCUT2D eigenvalue weighted by Crippen LogP contribution is 2.11. The first-order chi connectivity index (χ1) is 11.2. The first-order valence-electron chi connectivity index (χ1n) is 9.08. The van der Waals surface area contributed by atoms with Crippen molar-refractivity contribution in [3.63, 3.8) is 0 Å². The van der Waals surface area contributed by atoms with Gasteiger partial charge in [0.25, 0.3) is 0 Å². The lowest BCUT2D eigenvalue weighted by molar-refractivity contribution is -0.873. The Balaban J connectivity index is 4.21. The molecule has 0 fully saturated rings. The molecule has 0 spiro atoms. The molecule has 0 bridgehead atoms. The number of aliphatic hydroxyl groups excluding tert-OH is 1. The lowest BCUT2D eigenvalue weighted by Crippen LogP contribution is -2.50.